The van der Waals surface area contributed by atoms with Gasteiger partial charge in [0.05, 0.1) is 11.2 Å². The Bertz CT molecular complexity index is 578. The summed E-state index contributed by atoms with van der Waals surface area (Å²) in [6.45, 7) is 13.2. The summed E-state index contributed by atoms with van der Waals surface area (Å²) in [4.78, 5) is 0. The molecule has 0 saturated carbocycles. The maximum absolute atomic E-state index is 4.84. The van der Waals surface area contributed by atoms with Crippen molar-refractivity contribution in [3.05, 3.63) is 30.0 Å². The summed E-state index contributed by atoms with van der Waals surface area (Å²) in [6, 6.07) is 9.06. The quantitative estimate of drug-likeness (QED) is 0.870. The normalized spacial score (nSPS) is 13.8. The fraction of sp³-hybridized carbons (Fsp3) is 0.611. The number of rotatable bonds is 6. The number of fused-ring (bicyclic) bond motifs is 1. The molecule has 1 aromatic carbocycles. The van der Waals surface area contributed by atoms with Gasteiger partial charge in [-0.1, -0.05) is 45.9 Å². The van der Waals surface area contributed by atoms with Gasteiger partial charge in [0.1, 0.15) is 0 Å². The zero-order valence-electron chi connectivity index (χ0n) is 14.1. The molecule has 0 aliphatic carbocycles. The Morgan fingerprint density at radius 3 is 2.52 bits per heavy atom. The molecule has 3 heteroatoms. The molecule has 0 radical (unpaired) electrons. The zero-order valence-corrected chi connectivity index (χ0v) is 14.1. The fourth-order valence-corrected chi connectivity index (χ4v) is 3.07. The smallest absolute Gasteiger partial charge is 0.0718 e. The standard InChI is InChI=1S/C18H29N3/c1-6-19-14(13-18(3,4)5)12-16-15-10-8-9-11-17(15)21(7-2)20-16/h8-11,14,19H,6-7,12-13H2,1-5H3. The Hall–Kier alpha value is -1.35. The van der Waals surface area contributed by atoms with Crippen molar-refractivity contribution < 1.29 is 0 Å². The van der Waals surface area contributed by atoms with E-state index in [1.807, 2.05) is 0 Å². The van der Waals surface area contributed by atoms with Crippen LogP contribution in [-0.2, 0) is 13.0 Å². The van der Waals surface area contributed by atoms with E-state index >= 15 is 0 Å². The van der Waals surface area contributed by atoms with Crippen LogP contribution in [0.15, 0.2) is 24.3 Å². The summed E-state index contributed by atoms with van der Waals surface area (Å²) >= 11 is 0. The highest BCUT2D eigenvalue weighted by Gasteiger charge is 2.20. The van der Waals surface area contributed by atoms with Crippen LogP contribution < -0.4 is 5.32 Å². The topological polar surface area (TPSA) is 29.9 Å². The molecule has 1 atom stereocenters. The number of aromatic nitrogens is 2. The SMILES string of the molecule is CCNC(Cc1nn(CC)c2ccccc12)CC(C)(C)C. The van der Waals surface area contributed by atoms with Gasteiger partial charge in [0.2, 0.25) is 0 Å². The van der Waals surface area contributed by atoms with E-state index < -0.39 is 0 Å². The minimum atomic E-state index is 0.329. The van der Waals surface area contributed by atoms with Crippen LogP contribution in [0.5, 0.6) is 0 Å². The number of nitrogens with zero attached hydrogens (tertiary/aromatic N) is 2. The van der Waals surface area contributed by atoms with Gasteiger partial charge in [-0.2, -0.15) is 5.10 Å². The van der Waals surface area contributed by atoms with Crippen molar-refractivity contribution >= 4 is 10.9 Å². The van der Waals surface area contributed by atoms with E-state index in [0.717, 1.165) is 25.9 Å². The van der Waals surface area contributed by atoms with Crippen LogP contribution in [0.25, 0.3) is 10.9 Å². The second-order valence-electron chi connectivity index (χ2n) is 7.00. The first-order chi connectivity index (χ1) is 9.94. The van der Waals surface area contributed by atoms with E-state index in [4.69, 9.17) is 5.10 Å². The van der Waals surface area contributed by atoms with Gasteiger partial charge < -0.3 is 5.32 Å². The van der Waals surface area contributed by atoms with Gasteiger partial charge in [-0.3, -0.25) is 4.68 Å². The molecule has 1 unspecified atom stereocenters. The second-order valence-corrected chi connectivity index (χ2v) is 7.00. The minimum Gasteiger partial charge on any atom is -0.314 e. The van der Waals surface area contributed by atoms with Gasteiger partial charge in [-0.05, 0) is 31.4 Å². The van der Waals surface area contributed by atoms with Gasteiger partial charge in [-0.15, -0.1) is 0 Å². The second kappa shape index (κ2) is 6.61. The average molecular weight is 287 g/mol. The van der Waals surface area contributed by atoms with E-state index in [2.05, 4.69) is 68.9 Å². The lowest BCUT2D eigenvalue weighted by Crippen LogP contribution is -2.34. The van der Waals surface area contributed by atoms with E-state index in [9.17, 15) is 0 Å². The van der Waals surface area contributed by atoms with Crippen molar-refractivity contribution in [2.75, 3.05) is 6.54 Å². The molecule has 1 aromatic heterocycles. The highest BCUT2D eigenvalue weighted by atomic mass is 15.3. The van der Waals surface area contributed by atoms with Crippen LogP contribution in [0, 0.1) is 5.41 Å². The Morgan fingerprint density at radius 1 is 1.19 bits per heavy atom. The molecule has 0 fully saturated rings. The summed E-state index contributed by atoms with van der Waals surface area (Å²) < 4.78 is 2.12. The number of benzene rings is 1. The number of hydrogen-bond donors (Lipinski definition) is 1. The van der Waals surface area contributed by atoms with Crippen molar-refractivity contribution in [3.8, 4) is 0 Å². The molecular weight excluding hydrogens is 258 g/mol. The van der Waals surface area contributed by atoms with E-state index in [1.165, 1.54) is 16.6 Å². The molecule has 0 aliphatic rings. The predicted octanol–water partition coefficient (Wildman–Crippen LogP) is 4.01. The molecule has 0 aliphatic heterocycles. The number of nitrogens with one attached hydrogen (secondary N) is 1. The fourth-order valence-electron chi connectivity index (χ4n) is 3.07. The molecule has 0 saturated heterocycles. The molecule has 2 aromatic rings. The maximum atomic E-state index is 4.84. The van der Waals surface area contributed by atoms with Crippen molar-refractivity contribution in [2.45, 2.75) is 60.0 Å². The lowest BCUT2D eigenvalue weighted by Gasteiger charge is -2.26. The third-order valence-corrected chi connectivity index (χ3v) is 3.83. The molecule has 0 bridgehead atoms. The maximum Gasteiger partial charge on any atom is 0.0718 e. The van der Waals surface area contributed by atoms with Crippen molar-refractivity contribution in [1.29, 1.82) is 0 Å². The monoisotopic (exact) mass is 287 g/mol. The summed E-state index contributed by atoms with van der Waals surface area (Å²) in [5, 5.41) is 9.77. The summed E-state index contributed by atoms with van der Waals surface area (Å²) in [7, 11) is 0. The number of likely N-dealkylation sites (N-methyl/N-ethyl adjacent to an activating group) is 1. The van der Waals surface area contributed by atoms with Gasteiger partial charge in [0, 0.05) is 24.4 Å². The van der Waals surface area contributed by atoms with Crippen LogP contribution in [0.3, 0.4) is 0 Å². The molecule has 1 N–H and O–H groups in total. The van der Waals surface area contributed by atoms with E-state index in [-0.39, 0.29) is 0 Å². The Kier molecular flexibility index (Phi) is 5.04. The van der Waals surface area contributed by atoms with Gasteiger partial charge >= 0.3 is 0 Å². The van der Waals surface area contributed by atoms with Crippen LogP contribution >= 0.6 is 0 Å². The Balaban J connectivity index is 2.28. The lowest BCUT2D eigenvalue weighted by molar-refractivity contribution is 0.308. The van der Waals surface area contributed by atoms with E-state index in [1.54, 1.807) is 0 Å². The van der Waals surface area contributed by atoms with Gasteiger partial charge in [0.25, 0.3) is 0 Å². The molecule has 1 heterocycles. The number of aryl methyl sites for hydroxylation is 1. The predicted molar refractivity (Wildman–Crippen MR) is 90.6 cm³/mol. The van der Waals surface area contributed by atoms with Crippen LogP contribution in [-0.4, -0.2) is 22.4 Å². The van der Waals surface area contributed by atoms with Crippen molar-refractivity contribution in [2.24, 2.45) is 5.41 Å². The third-order valence-electron chi connectivity index (χ3n) is 3.83. The largest absolute Gasteiger partial charge is 0.314 e. The van der Waals surface area contributed by atoms with E-state index in [0.29, 0.717) is 11.5 Å². The van der Waals surface area contributed by atoms with Crippen LogP contribution in [0.2, 0.25) is 0 Å². The Labute approximate surface area is 128 Å². The molecule has 2 rings (SSSR count). The molecule has 0 amide bonds. The van der Waals surface area contributed by atoms with Crippen LogP contribution in [0.1, 0.15) is 46.7 Å². The third kappa shape index (κ3) is 4.07. The average Bonchev–Trinajstić information content (AvgIpc) is 2.76. The molecular formula is C18H29N3. The van der Waals surface area contributed by atoms with Crippen molar-refractivity contribution in [1.82, 2.24) is 15.1 Å². The molecule has 0 spiro atoms. The van der Waals surface area contributed by atoms with Gasteiger partial charge in [0.15, 0.2) is 0 Å². The first-order valence-corrected chi connectivity index (χ1v) is 8.12. The summed E-state index contributed by atoms with van der Waals surface area (Å²) in [5.74, 6) is 0. The number of hydrogen-bond acceptors (Lipinski definition) is 2. The minimum absolute atomic E-state index is 0.329. The van der Waals surface area contributed by atoms with Crippen molar-refractivity contribution in [3.63, 3.8) is 0 Å². The zero-order chi connectivity index (χ0) is 15.5. The molecule has 3 nitrogen and oxygen atoms in total. The summed E-state index contributed by atoms with van der Waals surface area (Å²) in [5.41, 5.74) is 2.80. The van der Waals surface area contributed by atoms with Crippen LogP contribution in [0.4, 0.5) is 0 Å². The number of para-hydroxylation sites is 1. The summed E-state index contributed by atoms with van der Waals surface area (Å²) in [6.07, 6.45) is 2.16. The highest BCUT2D eigenvalue weighted by Crippen LogP contribution is 2.25. The molecule has 21 heavy (non-hydrogen) atoms. The van der Waals surface area contributed by atoms with Gasteiger partial charge in [-0.25, -0.2) is 0 Å². The lowest BCUT2D eigenvalue weighted by atomic mass is 9.86. The Morgan fingerprint density at radius 2 is 1.90 bits per heavy atom. The molecule has 116 valence electrons. The first kappa shape index (κ1) is 16.0. The first-order valence-electron chi connectivity index (χ1n) is 8.12. The highest BCUT2D eigenvalue weighted by molar-refractivity contribution is 5.82.